The number of hydrogen-bond donors (Lipinski definition) is 1. The smallest absolute Gasteiger partial charge is 0.251 e. The maximum Gasteiger partial charge on any atom is 0.251 e. The molecule has 1 N–H and O–H groups in total. The van der Waals surface area contributed by atoms with Crippen LogP contribution in [0.3, 0.4) is 0 Å². The van der Waals surface area contributed by atoms with Crippen molar-refractivity contribution in [2.45, 2.75) is 24.9 Å². The van der Waals surface area contributed by atoms with Gasteiger partial charge in [0.2, 0.25) is 10.0 Å². The summed E-state index contributed by atoms with van der Waals surface area (Å²) in [5.74, 6) is -0.238. The number of carbonyl (C=O) groups excluding carboxylic acids is 1. The molecule has 6 nitrogen and oxygen atoms in total. The molecule has 0 bridgehead atoms. The molecule has 0 spiro atoms. The number of rotatable bonds is 7. The van der Waals surface area contributed by atoms with Gasteiger partial charge in [0.15, 0.2) is 0 Å². The van der Waals surface area contributed by atoms with Crippen LogP contribution in [-0.2, 0) is 23.1 Å². The third-order valence-electron chi connectivity index (χ3n) is 4.47. The predicted octanol–water partition coefficient (Wildman–Crippen LogP) is 3.48. The van der Waals surface area contributed by atoms with Crippen LogP contribution in [-0.4, -0.2) is 25.7 Å². The molecular weight excluding hydrogens is 395 g/mol. The van der Waals surface area contributed by atoms with E-state index in [4.69, 9.17) is 4.42 Å². The second-order valence-electron chi connectivity index (χ2n) is 6.54. The predicted molar refractivity (Wildman–Crippen MR) is 106 cm³/mol. The zero-order chi connectivity index (χ0) is 21.0. The van der Waals surface area contributed by atoms with Crippen LogP contribution < -0.4 is 5.32 Å². The lowest BCUT2D eigenvalue weighted by atomic mass is 10.1. The first-order valence-electron chi connectivity index (χ1n) is 8.91. The van der Waals surface area contributed by atoms with E-state index in [1.165, 1.54) is 22.7 Å². The molecule has 0 aliphatic heterocycles. The monoisotopic (exact) mass is 416 g/mol. The Morgan fingerprint density at radius 3 is 2.41 bits per heavy atom. The Kier molecular flexibility index (Phi) is 6.14. The van der Waals surface area contributed by atoms with E-state index >= 15 is 0 Å². The molecule has 0 atom stereocenters. The average Bonchev–Trinajstić information content (AvgIpc) is 3.20. The zero-order valence-electron chi connectivity index (χ0n) is 16.1. The minimum absolute atomic E-state index is 0.0172. The van der Waals surface area contributed by atoms with Crippen LogP contribution >= 0.6 is 0 Å². The van der Waals surface area contributed by atoms with Gasteiger partial charge in [-0.05, 0) is 60.5 Å². The minimum atomic E-state index is -3.93. The van der Waals surface area contributed by atoms with Gasteiger partial charge in [-0.25, -0.2) is 12.8 Å². The Balaban J connectivity index is 1.95. The molecule has 8 heteroatoms. The van der Waals surface area contributed by atoms with Gasteiger partial charge in [0.25, 0.3) is 5.91 Å². The molecule has 0 saturated heterocycles. The number of carbonyl (C=O) groups is 1. The van der Waals surface area contributed by atoms with Gasteiger partial charge in [-0.3, -0.25) is 4.79 Å². The molecule has 0 fully saturated rings. The van der Waals surface area contributed by atoms with Gasteiger partial charge in [-0.2, -0.15) is 4.31 Å². The third-order valence-corrected chi connectivity index (χ3v) is 6.42. The fraction of sp³-hybridized carbons (Fsp3) is 0.190. The second kappa shape index (κ2) is 8.59. The Morgan fingerprint density at radius 1 is 1.10 bits per heavy atom. The highest BCUT2D eigenvalue weighted by atomic mass is 32.2. The van der Waals surface area contributed by atoms with Crippen LogP contribution in [0.15, 0.2) is 70.2 Å². The Hall–Kier alpha value is -2.97. The largest absolute Gasteiger partial charge is 0.468 e. The van der Waals surface area contributed by atoms with E-state index < -0.39 is 15.8 Å². The first kappa shape index (κ1) is 20.8. The SMILES string of the molecule is CNC(=O)c1ccc(CN(Cc2ccco2)S(=O)(=O)c2ccc(F)cc2C)cc1. The minimum Gasteiger partial charge on any atom is -0.468 e. The number of hydrogen-bond acceptors (Lipinski definition) is 4. The Labute approximate surface area is 169 Å². The van der Waals surface area contributed by atoms with Crippen LogP contribution in [0.5, 0.6) is 0 Å². The van der Waals surface area contributed by atoms with E-state index in [2.05, 4.69) is 5.32 Å². The van der Waals surface area contributed by atoms with Crippen molar-refractivity contribution in [1.82, 2.24) is 9.62 Å². The quantitative estimate of drug-likeness (QED) is 0.640. The molecule has 3 rings (SSSR count). The lowest BCUT2D eigenvalue weighted by molar-refractivity contribution is 0.0963. The topological polar surface area (TPSA) is 79.6 Å². The Bertz CT molecular complexity index is 1090. The molecule has 2 aromatic carbocycles. The molecule has 0 unspecified atom stereocenters. The first-order valence-corrected chi connectivity index (χ1v) is 10.3. The van der Waals surface area contributed by atoms with Crippen LogP contribution in [0.25, 0.3) is 0 Å². The van der Waals surface area contributed by atoms with Crippen molar-refractivity contribution in [2.75, 3.05) is 7.05 Å². The van der Waals surface area contributed by atoms with Crippen molar-refractivity contribution < 1.29 is 22.0 Å². The van der Waals surface area contributed by atoms with Gasteiger partial charge in [-0.15, -0.1) is 0 Å². The lowest BCUT2D eigenvalue weighted by Crippen LogP contribution is -2.30. The average molecular weight is 416 g/mol. The van der Waals surface area contributed by atoms with Crippen molar-refractivity contribution in [3.63, 3.8) is 0 Å². The van der Waals surface area contributed by atoms with E-state index in [0.717, 1.165) is 6.07 Å². The number of benzene rings is 2. The normalized spacial score (nSPS) is 11.6. The fourth-order valence-electron chi connectivity index (χ4n) is 2.95. The van der Waals surface area contributed by atoms with Gasteiger partial charge < -0.3 is 9.73 Å². The highest BCUT2D eigenvalue weighted by molar-refractivity contribution is 7.89. The van der Waals surface area contributed by atoms with Crippen molar-refractivity contribution in [3.05, 3.63) is 89.1 Å². The zero-order valence-corrected chi connectivity index (χ0v) is 16.9. The van der Waals surface area contributed by atoms with Gasteiger partial charge in [-0.1, -0.05) is 12.1 Å². The molecule has 152 valence electrons. The van der Waals surface area contributed by atoms with E-state index in [-0.39, 0.29) is 23.9 Å². The summed E-state index contributed by atoms with van der Waals surface area (Å²) in [5.41, 5.74) is 1.50. The van der Waals surface area contributed by atoms with Gasteiger partial charge in [0.05, 0.1) is 17.7 Å². The molecule has 0 aliphatic carbocycles. The number of halogens is 1. The van der Waals surface area contributed by atoms with E-state index in [1.807, 2.05) is 0 Å². The van der Waals surface area contributed by atoms with Gasteiger partial charge in [0.1, 0.15) is 11.6 Å². The van der Waals surface area contributed by atoms with Crippen molar-refractivity contribution in [2.24, 2.45) is 0 Å². The molecule has 0 saturated carbocycles. The number of sulfonamides is 1. The third kappa shape index (κ3) is 4.72. The van der Waals surface area contributed by atoms with Crippen molar-refractivity contribution >= 4 is 15.9 Å². The maximum absolute atomic E-state index is 13.5. The van der Waals surface area contributed by atoms with E-state index in [0.29, 0.717) is 22.5 Å². The summed E-state index contributed by atoms with van der Waals surface area (Å²) in [6, 6.07) is 13.6. The molecular formula is C21H21FN2O4S. The molecule has 1 amide bonds. The molecule has 3 aromatic rings. The standard InChI is InChI=1S/C21H21FN2O4S/c1-15-12-18(22)9-10-20(15)29(26,27)24(14-19-4-3-11-28-19)13-16-5-7-17(8-6-16)21(25)23-2/h3-12H,13-14H2,1-2H3,(H,23,25). The lowest BCUT2D eigenvalue weighted by Gasteiger charge is -2.22. The summed E-state index contributed by atoms with van der Waals surface area (Å²) >= 11 is 0. The maximum atomic E-state index is 13.5. The van der Waals surface area contributed by atoms with Crippen LogP contribution in [0, 0.1) is 12.7 Å². The van der Waals surface area contributed by atoms with Crippen LogP contribution in [0.4, 0.5) is 4.39 Å². The number of nitrogens with one attached hydrogen (secondary N) is 1. The summed E-state index contributed by atoms with van der Waals surface area (Å²) in [6.07, 6.45) is 1.47. The highest BCUT2D eigenvalue weighted by Crippen LogP contribution is 2.24. The summed E-state index contributed by atoms with van der Waals surface area (Å²) in [5, 5.41) is 2.54. The van der Waals surface area contributed by atoms with E-state index in [9.17, 15) is 17.6 Å². The molecule has 29 heavy (non-hydrogen) atoms. The first-order chi connectivity index (χ1) is 13.8. The summed E-state index contributed by atoms with van der Waals surface area (Å²) in [4.78, 5) is 11.7. The summed E-state index contributed by atoms with van der Waals surface area (Å²) in [6.45, 7) is 1.64. The Morgan fingerprint density at radius 2 is 1.83 bits per heavy atom. The van der Waals surface area contributed by atoms with Crippen LogP contribution in [0.2, 0.25) is 0 Å². The molecule has 0 radical (unpaired) electrons. The molecule has 1 aromatic heterocycles. The van der Waals surface area contributed by atoms with Crippen molar-refractivity contribution in [1.29, 1.82) is 0 Å². The van der Waals surface area contributed by atoms with Crippen LogP contribution in [0.1, 0.15) is 27.2 Å². The van der Waals surface area contributed by atoms with E-state index in [1.54, 1.807) is 50.4 Å². The van der Waals surface area contributed by atoms with Gasteiger partial charge in [0, 0.05) is 19.2 Å². The number of nitrogens with zero attached hydrogens (tertiary/aromatic N) is 1. The summed E-state index contributed by atoms with van der Waals surface area (Å²) < 4.78 is 46.7. The van der Waals surface area contributed by atoms with Crippen molar-refractivity contribution in [3.8, 4) is 0 Å². The summed E-state index contributed by atoms with van der Waals surface area (Å²) in [7, 11) is -2.39. The number of amides is 1. The number of aryl methyl sites for hydroxylation is 1. The second-order valence-corrected chi connectivity index (χ2v) is 8.44. The molecule has 1 heterocycles. The molecule has 0 aliphatic rings. The highest BCUT2D eigenvalue weighted by Gasteiger charge is 2.27. The van der Waals surface area contributed by atoms with Gasteiger partial charge >= 0.3 is 0 Å². The fourth-order valence-corrected chi connectivity index (χ4v) is 4.55. The number of furan rings is 1.